The molecule has 5 heteroatoms. The number of para-hydroxylation sites is 1. The van der Waals surface area contributed by atoms with Crippen molar-refractivity contribution in [2.75, 3.05) is 5.75 Å². The molecule has 116 valence electrons. The van der Waals surface area contributed by atoms with Gasteiger partial charge in [0.15, 0.2) is 10.9 Å². The fourth-order valence-corrected chi connectivity index (χ4v) is 3.25. The summed E-state index contributed by atoms with van der Waals surface area (Å²) in [5, 5.41) is 9.13. The third-order valence-corrected chi connectivity index (χ3v) is 4.51. The highest BCUT2D eigenvalue weighted by atomic mass is 32.2. The molecule has 0 bridgehead atoms. The first-order valence-corrected chi connectivity index (χ1v) is 8.34. The van der Waals surface area contributed by atoms with E-state index in [-0.39, 0.29) is 5.78 Å². The maximum Gasteiger partial charge on any atom is 0.196 e. The summed E-state index contributed by atoms with van der Waals surface area (Å²) in [6.07, 6.45) is 0. The molecule has 23 heavy (non-hydrogen) atoms. The quantitative estimate of drug-likeness (QED) is 0.528. The van der Waals surface area contributed by atoms with Crippen LogP contribution >= 0.6 is 11.8 Å². The van der Waals surface area contributed by atoms with Crippen molar-refractivity contribution >= 4 is 17.5 Å². The van der Waals surface area contributed by atoms with Gasteiger partial charge in [0.05, 0.1) is 11.4 Å². The lowest BCUT2D eigenvalue weighted by Crippen LogP contribution is -2.05. The molecule has 0 aliphatic carbocycles. The molecule has 3 aromatic rings. The minimum Gasteiger partial charge on any atom is -0.293 e. The van der Waals surface area contributed by atoms with E-state index in [9.17, 15) is 4.79 Å². The van der Waals surface area contributed by atoms with Crippen molar-refractivity contribution in [2.45, 2.75) is 19.0 Å². The number of Topliss-reactive ketones (excluding diaryl/α,β-unsaturated/α-hetero) is 1. The summed E-state index contributed by atoms with van der Waals surface area (Å²) < 4.78 is 2.00. The minimum absolute atomic E-state index is 0.0904. The van der Waals surface area contributed by atoms with Crippen molar-refractivity contribution in [1.29, 1.82) is 0 Å². The van der Waals surface area contributed by atoms with Crippen LogP contribution in [-0.4, -0.2) is 26.3 Å². The highest BCUT2D eigenvalue weighted by Gasteiger charge is 2.15. The fourth-order valence-electron chi connectivity index (χ4n) is 2.37. The zero-order valence-electron chi connectivity index (χ0n) is 13.1. The van der Waals surface area contributed by atoms with Gasteiger partial charge in [0, 0.05) is 5.56 Å². The second-order valence-electron chi connectivity index (χ2n) is 5.23. The van der Waals surface area contributed by atoms with Crippen molar-refractivity contribution in [2.24, 2.45) is 0 Å². The van der Waals surface area contributed by atoms with Crippen molar-refractivity contribution < 1.29 is 4.79 Å². The number of thioether (sulfide) groups is 1. The van der Waals surface area contributed by atoms with Crippen molar-refractivity contribution in [1.82, 2.24) is 14.8 Å². The number of hydrogen-bond acceptors (Lipinski definition) is 4. The predicted octanol–water partition coefficient (Wildman–Crippen LogP) is 3.86. The smallest absolute Gasteiger partial charge is 0.196 e. The molecule has 1 aromatic heterocycles. The molecule has 2 aromatic carbocycles. The lowest BCUT2D eigenvalue weighted by molar-refractivity contribution is 0.102. The van der Waals surface area contributed by atoms with Crippen LogP contribution in [0.25, 0.3) is 5.69 Å². The Labute approximate surface area is 139 Å². The van der Waals surface area contributed by atoms with E-state index in [0.29, 0.717) is 5.75 Å². The first-order valence-electron chi connectivity index (χ1n) is 7.36. The third-order valence-electron chi connectivity index (χ3n) is 3.58. The Bertz CT molecular complexity index is 827. The third kappa shape index (κ3) is 3.35. The lowest BCUT2D eigenvalue weighted by Gasteiger charge is -2.10. The van der Waals surface area contributed by atoms with Crippen LogP contribution in [0, 0.1) is 13.8 Å². The molecule has 3 rings (SSSR count). The van der Waals surface area contributed by atoms with Gasteiger partial charge in [0.2, 0.25) is 0 Å². The van der Waals surface area contributed by atoms with E-state index in [4.69, 9.17) is 0 Å². The fraction of sp³-hybridized carbons (Fsp3) is 0.167. The van der Waals surface area contributed by atoms with Crippen molar-refractivity contribution in [3.8, 4) is 5.69 Å². The largest absolute Gasteiger partial charge is 0.293 e. The number of aromatic nitrogens is 3. The summed E-state index contributed by atoms with van der Waals surface area (Å²) >= 11 is 1.41. The van der Waals surface area contributed by atoms with Gasteiger partial charge in [-0.05, 0) is 25.5 Å². The van der Waals surface area contributed by atoms with Gasteiger partial charge in [-0.25, -0.2) is 0 Å². The van der Waals surface area contributed by atoms with Gasteiger partial charge in [-0.2, -0.15) is 0 Å². The first-order chi connectivity index (χ1) is 11.2. The van der Waals surface area contributed by atoms with Crippen molar-refractivity contribution in [3.05, 3.63) is 71.5 Å². The average Bonchev–Trinajstić information content (AvgIpc) is 2.94. The van der Waals surface area contributed by atoms with Crippen LogP contribution in [0.4, 0.5) is 0 Å². The number of rotatable bonds is 5. The first kappa shape index (κ1) is 15.5. The predicted molar refractivity (Wildman–Crippen MR) is 92.3 cm³/mol. The van der Waals surface area contributed by atoms with E-state index in [0.717, 1.165) is 27.8 Å². The van der Waals surface area contributed by atoms with Crippen LogP contribution in [0.5, 0.6) is 0 Å². The van der Waals surface area contributed by atoms with Gasteiger partial charge >= 0.3 is 0 Å². The van der Waals surface area contributed by atoms with Gasteiger partial charge in [0.1, 0.15) is 5.82 Å². The number of ketones is 1. The average molecular weight is 323 g/mol. The maximum atomic E-state index is 12.3. The van der Waals surface area contributed by atoms with Gasteiger partial charge in [0.25, 0.3) is 0 Å². The van der Waals surface area contributed by atoms with Crippen LogP contribution in [0.1, 0.15) is 21.7 Å². The highest BCUT2D eigenvalue weighted by Crippen LogP contribution is 2.24. The van der Waals surface area contributed by atoms with Gasteiger partial charge in [-0.15, -0.1) is 10.2 Å². The molecule has 1 heterocycles. The maximum absolute atomic E-state index is 12.3. The van der Waals surface area contributed by atoms with Crippen LogP contribution in [0.2, 0.25) is 0 Å². The Morgan fingerprint density at radius 2 is 1.70 bits per heavy atom. The van der Waals surface area contributed by atoms with E-state index in [1.807, 2.05) is 60.0 Å². The van der Waals surface area contributed by atoms with Gasteiger partial charge in [-0.1, -0.05) is 60.3 Å². The standard InChI is InChI=1S/C18H17N3OS/c1-13-8-6-7-11-16(13)21-14(2)19-20-18(21)23-12-17(22)15-9-4-3-5-10-15/h3-11H,12H2,1-2H3. The SMILES string of the molecule is Cc1ccccc1-n1c(C)nnc1SCC(=O)c1ccccc1. The van der Waals surface area contributed by atoms with Gasteiger partial charge < -0.3 is 0 Å². The van der Waals surface area contributed by atoms with Crippen LogP contribution < -0.4 is 0 Å². The second kappa shape index (κ2) is 6.79. The van der Waals surface area contributed by atoms with E-state index in [1.165, 1.54) is 11.8 Å². The second-order valence-corrected chi connectivity index (χ2v) is 6.17. The normalized spacial score (nSPS) is 10.7. The molecule has 0 saturated carbocycles. The van der Waals surface area contributed by atoms with Crippen LogP contribution in [0.3, 0.4) is 0 Å². The van der Waals surface area contributed by atoms with E-state index in [1.54, 1.807) is 0 Å². The molecule has 0 unspecified atom stereocenters. The summed E-state index contributed by atoms with van der Waals surface area (Å²) in [5.41, 5.74) is 2.91. The zero-order valence-corrected chi connectivity index (χ0v) is 13.9. The Morgan fingerprint density at radius 3 is 2.43 bits per heavy atom. The summed E-state index contributed by atoms with van der Waals surface area (Å²) in [7, 11) is 0. The van der Waals surface area contributed by atoms with Crippen LogP contribution in [-0.2, 0) is 0 Å². The molecular formula is C18H17N3OS. The molecular weight excluding hydrogens is 306 g/mol. The molecule has 0 amide bonds. The summed E-state index contributed by atoms with van der Waals surface area (Å²) in [6.45, 7) is 3.97. The Balaban J connectivity index is 1.83. The number of aryl methyl sites for hydroxylation is 2. The van der Waals surface area contributed by atoms with E-state index >= 15 is 0 Å². The van der Waals surface area contributed by atoms with Gasteiger partial charge in [-0.3, -0.25) is 9.36 Å². The summed E-state index contributed by atoms with van der Waals surface area (Å²) in [6, 6.07) is 17.4. The molecule has 0 aliphatic heterocycles. The molecule has 4 nitrogen and oxygen atoms in total. The van der Waals surface area contributed by atoms with Crippen molar-refractivity contribution in [3.63, 3.8) is 0 Å². The van der Waals surface area contributed by atoms with Crippen LogP contribution in [0.15, 0.2) is 59.8 Å². The topological polar surface area (TPSA) is 47.8 Å². The number of nitrogens with zero attached hydrogens (tertiary/aromatic N) is 3. The highest BCUT2D eigenvalue weighted by molar-refractivity contribution is 7.99. The number of carbonyl (C=O) groups is 1. The molecule has 0 aliphatic rings. The Hall–Kier alpha value is -2.40. The molecule has 0 fully saturated rings. The summed E-state index contributed by atoms with van der Waals surface area (Å²) in [5.74, 6) is 1.25. The van der Waals surface area contributed by atoms with E-state index < -0.39 is 0 Å². The number of benzene rings is 2. The molecule has 0 spiro atoms. The minimum atomic E-state index is 0.0904. The number of hydrogen-bond donors (Lipinski definition) is 0. The lowest BCUT2D eigenvalue weighted by atomic mass is 10.2. The molecule has 0 atom stereocenters. The molecule has 0 radical (unpaired) electrons. The molecule has 0 saturated heterocycles. The number of carbonyl (C=O) groups excluding carboxylic acids is 1. The molecule has 0 N–H and O–H groups in total. The monoisotopic (exact) mass is 323 g/mol. The summed E-state index contributed by atoms with van der Waals surface area (Å²) in [4.78, 5) is 12.3. The van der Waals surface area contributed by atoms with E-state index in [2.05, 4.69) is 23.2 Å². The zero-order chi connectivity index (χ0) is 16.2. The Kier molecular flexibility index (Phi) is 4.57. The Morgan fingerprint density at radius 1 is 1.00 bits per heavy atom.